The smallest absolute Gasteiger partial charge is 0.267 e. The second kappa shape index (κ2) is 5.87. The molecule has 0 aliphatic heterocycles. The third-order valence-electron chi connectivity index (χ3n) is 4.05. The van der Waals surface area contributed by atoms with Crippen LogP contribution in [0.25, 0.3) is 0 Å². The van der Waals surface area contributed by atoms with Gasteiger partial charge in [0.1, 0.15) is 10.3 Å². The molecular weight excluding hydrogens is 294 g/mol. The molecule has 1 saturated carbocycles. The highest BCUT2D eigenvalue weighted by molar-refractivity contribution is 9.10. The van der Waals surface area contributed by atoms with Crippen molar-refractivity contribution >= 4 is 21.7 Å². The van der Waals surface area contributed by atoms with Gasteiger partial charge < -0.3 is 9.88 Å². The van der Waals surface area contributed by atoms with Crippen molar-refractivity contribution in [3.63, 3.8) is 0 Å². The minimum atomic E-state index is -0.117. The van der Waals surface area contributed by atoms with Crippen LogP contribution in [-0.2, 0) is 0 Å². The maximum atomic E-state index is 11.6. The van der Waals surface area contributed by atoms with E-state index in [1.54, 1.807) is 0 Å². The van der Waals surface area contributed by atoms with Crippen molar-refractivity contribution in [2.75, 3.05) is 11.9 Å². The van der Waals surface area contributed by atoms with E-state index in [0.29, 0.717) is 10.5 Å². The van der Waals surface area contributed by atoms with Crippen molar-refractivity contribution in [1.82, 2.24) is 9.97 Å². The van der Waals surface area contributed by atoms with Gasteiger partial charge in [0.15, 0.2) is 0 Å². The van der Waals surface area contributed by atoms with Crippen LogP contribution in [0.1, 0.15) is 39.0 Å². The van der Waals surface area contributed by atoms with Crippen molar-refractivity contribution < 1.29 is 0 Å². The highest BCUT2D eigenvalue weighted by Crippen LogP contribution is 2.31. The molecule has 0 spiro atoms. The first-order valence-electron chi connectivity index (χ1n) is 6.59. The summed E-state index contributed by atoms with van der Waals surface area (Å²) in [7, 11) is 2.03. The number of nitrogens with one attached hydrogen (secondary N) is 1. The molecule has 0 aromatic carbocycles. The summed E-state index contributed by atoms with van der Waals surface area (Å²) in [5, 5.41) is 0. The molecule has 1 aromatic heterocycles. The second-order valence-corrected chi connectivity index (χ2v) is 5.86. The number of nitrogens with zero attached hydrogens (tertiary/aromatic N) is 2. The highest BCUT2D eigenvalue weighted by atomic mass is 79.9. The molecule has 1 aromatic rings. The van der Waals surface area contributed by atoms with Crippen LogP contribution in [0.5, 0.6) is 0 Å². The van der Waals surface area contributed by atoms with Gasteiger partial charge >= 0.3 is 0 Å². The molecule has 0 saturated heterocycles. The van der Waals surface area contributed by atoms with E-state index >= 15 is 0 Å². The maximum Gasteiger partial charge on any atom is 0.267 e. The van der Waals surface area contributed by atoms with Crippen LogP contribution < -0.4 is 10.5 Å². The Morgan fingerprint density at radius 2 is 2.11 bits per heavy atom. The molecule has 1 aliphatic rings. The van der Waals surface area contributed by atoms with Crippen LogP contribution >= 0.6 is 15.9 Å². The van der Waals surface area contributed by atoms with Crippen LogP contribution in [0.4, 0.5) is 5.82 Å². The van der Waals surface area contributed by atoms with E-state index in [0.717, 1.165) is 11.7 Å². The molecule has 0 bridgehead atoms. The molecule has 0 radical (unpaired) electrons. The zero-order valence-electron chi connectivity index (χ0n) is 10.9. The summed E-state index contributed by atoms with van der Waals surface area (Å²) in [6, 6.07) is 0.499. The average Bonchev–Trinajstić information content (AvgIpc) is 2.41. The van der Waals surface area contributed by atoms with E-state index < -0.39 is 0 Å². The minimum Gasteiger partial charge on any atom is -0.356 e. The fraction of sp³-hybridized carbons (Fsp3) is 0.692. The third kappa shape index (κ3) is 2.76. The van der Waals surface area contributed by atoms with Crippen molar-refractivity contribution in [1.29, 1.82) is 0 Å². The van der Waals surface area contributed by atoms with Gasteiger partial charge in [-0.15, -0.1) is 0 Å². The van der Waals surface area contributed by atoms with Gasteiger partial charge in [0.25, 0.3) is 5.56 Å². The molecule has 1 N–H and O–H groups in total. The minimum absolute atomic E-state index is 0.117. The highest BCUT2D eigenvalue weighted by Gasteiger charge is 2.25. The summed E-state index contributed by atoms with van der Waals surface area (Å²) in [5.74, 6) is 1.63. The number of rotatable bonds is 3. The first-order valence-corrected chi connectivity index (χ1v) is 7.38. The number of H-pyrrole nitrogens is 1. The predicted octanol–water partition coefficient (Wildman–Crippen LogP) is 2.94. The van der Waals surface area contributed by atoms with Gasteiger partial charge in [-0.2, -0.15) is 0 Å². The number of anilines is 1. The summed E-state index contributed by atoms with van der Waals surface area (Å²) < 4.78 is 0.533. The third-order valence-corrected chi connectivity index (χ3v) is 4.77. The monoisotopic (exact) mass is 313 g/mol. The summed E-state index contributed by atoms with van der Waals surface area (Å²) in [5.41, 5.74) is -0.117. The quantitative estimate of drug-likeness (QED) is 0.933. The Morgan fingerprint density at radius 1 is 1.44 bits per heavy atom. The lowest BCUT2D eigenvalue weighted by atomic mass is 9.84. The number of halogens is 1. The predicted molar refractivity (Wildman–Crippen MR) is 77.0 cm³/mol. The Labute approximate surface area is 116 Å². The summed E-state index contributed by atoms with van der Waals surface area (Å²) in [6.07, 6.45) is 7.70. The van der Waals surface area contributed by atoms with E-state index in [9.17, 15) is 4.79 Å². The van der Waals surface area contributed by atoms with E-state index in [4.69, 9.17) is 0 Å². The first-order chi connectivity index (χ1) is 8.63. The zero-order valence-corrected chi connectivity index (χ0v) is 12.5. The fourth-order valence-corrected chi connectivity index (χ4v) is 3.23. The number of hydrogen-bond acceptors (Lipinski definition) is 3. The topological polar surface area (TPSA) is 49.0 Å². The Morgan fingerprint density at radius 3 is 2.72 bits per heavy atom. The van der Waals surface area contributed by atoms with E-state index in [1.807, 2.05) is 7.05 Å². The number of aromatic amines is 1. The van der Waals surface area contributed by atoms with Gasteiger partial charge in [-0.25, -0.2) is 4.98 Å². The van der Waals surface area contributed by atoms with Gasteiger partial charge in [-0.1, -0.05) is 13.3 Å². The second-order valence-electron chi connectivity index (χ2n) is 5.06. The Hall–Kier alpha value is -0.840. The molecule has 1 heterocycles. The Balaban J connectivity index is 2.10. The average molecular weight is 314 g/mol. The molecule has 1 aliphatic carbocycles. The van der Waals surface area contributed by atoms with Gasteiger partial charge in [-0.3, -0.25) is 4.79 Å². The van der Waals surface area contributed by atoms with Crippen molar-refractivity contribution in [2.24, 2.45) is 5.92 Å². The molecular formula is C13H20BrN3O. The SMILES string of the molecule is CCC1CCC(N(C)c2nc[nH]c(=O)c2Br)CC1. The number of aromatic nitrogens is 2. The van der Waals surface area contributed by atoms with Gasteiger partial charge in [-0.05, 0) is 47.5 Å². The van der Waals surface area contributed by atoms with E-state index in [2.05, 4.69) is 37.7 Å². The van der Waals surface area contributed by atoms with Gasteiger partial charge in [0.05, 0.1) is 6.33 Å². The molecule has 0 amide bonds. The summed E-state index contributed by atoms with van der Waals surface area (Å²) >= 11 is 3.33. The van der Waals surface area contributed by atoms with Crippen LogP contribution in [0, 0.1) is 5.92 Å². The summed E-state index contributed by atoms with van der Waals surface area (Å²) in [6.45, 7) is 2.27. The Kier molecular flexibility index (Phi) is 4.43. The van der Waals surface area contributed by atoms with Crippen LogP contribution in [0.3, 0.4) is 0 Å². The molecule has 4 nitrogen and oxygen atoms in total. The lowest BCUT2D eigenvalue weighted by Crippen LogP contribution is -2.36. The van der Waals surface area contributed by atoms with E-state index in [-0.39, 0.29) is 5.56 Å². The van der Waals surface area contributed by atoms with Crippen molar-refractivity contribution in [3.05, 3.63) is 21.2 Å². The molecule has 0 atom stereocenters. The van der Waals surface area contributed by atoms with Crippen LogP contribution in [0.2, 0.25) is 0 Å². The van der Waals surface area contributed by atoms with E-state index in [1.165, 1.54) is 38.4 Å². The molecule has 18 heavy (non-hydrogen) atoms. The van der Waals surface area contributed by atoms with Crippen molar-refractivity contribution in [2.45, 2.75) is 45.1 Å². The van der Waals surface area contributed by atoms with Crippen molar-refractivity contribution in [3.8, 4) is 0 Å². The van der Waals surface area contributed by atoms with Crippen LogP contribution in [0.15, 0.2) is 15.6 Å². The molecule has 100 valence electrons. The Bertz CT molecular complexity index is 452. The summed E-state index contributed by atoms with van der Waals surface area (Å²) in [4.78, 5) is 20.6. The van der Waals surface area contributed by atoms with Crippen LogP contribution in [-0.4, -0.2) is 23.1 Å². The standard InChI is InChI=1S/C13H20BrN3O/c1-3-9-4-6-10(7-5-9)17(2)12-11(14)13(18)16-8-15-12/h8-10H,3-7H2,1-2H3,(H,15,16,18). The first kappa shape index (κ1) is 13.6. The molecule has 1 fully saturated rings. The fourth-order valence-electron chi connectivity index (χ4n) is 2.73. The normalized spacial score (nSPS) is 23.9. The van der Waals surface area contributed by atoms with Gasteiger partial charge in [0, 0.05) is 13.1 Å². The molecule has 0 unspecified atom stereocenters. The molecule has 2 rings (SSSR count). The zero-order chi connectivity index (χ0) is 13.1. The lowest BCUT2D eigenvalue weighted by molar-refractivity contribution is 0.312. The number of hydrogen-bond donors (Lipinski definition) is 1. The largest absolute Gasteiger partial charge is 0.356 e. The maximum absolute atomic E-state index is 11.6. The lowest BCUT2D eigenvalue weighted by Gasteiger charge is -2.35. The molecule has 5 heteroatoms. The van der Waals surface area contributed by atoms with Gasteiger partial charge in [0.2, 0.25) is 0 Å².